The molecule has 0 saturated carbocycles. The fourth-order valence-electron chi connectivity index (χ4n) is 4.37. The molecule has 1 aromatic heterocycles. The van der Waals surface area contributed by atoms with Gasteiger partial charge in [-0.3, -0.25) is 0 Å². The van der Waals surface area contributed by atoms with E-state index in [0.717, 1.165) is 11.3 Å². The van der Waals surface area contributed by atoms with Gasteiger partial charge in [0.2, 0.25) is 0 Å². The first kappa shape index (κ1) is 15.3. The zero-order valence-corrected chi connectivity index (χ0v) is 15.0. The molecule has 5 rings (SSSR count). The summed E-state index contributed by atoms with van der Waals surface area (Å²) < 4.78 is 12.5. The van der Waals surface area contributed by atoms with Crippen LogP contribution in [0, 0.1) is 0 Å². The van der Waals surface area contributed by atoms with Crippen molar-refractivity contribution in [1.29, 1.82) is 0 Å². The van der Waals surface area contributed by atoms with E-state index in [1.165, 1.54) is 27.8 Å². The van der Waals surface area contributed by atoms with E-state index in [2.05, 4.69) is 60.8 Å². The zero-order valence-electron chi connectivity index (χ0n) is 14.2. The molecule has 0 amide bonds. The van der Waals surface area contributed by atoms with E-state index in [4.69, 9.17) is 9.47 Å². The average molecular weight is 348 g/mol. The van der Waals surface area contributed by atoms with Crippen LogP contribution >= 0.6 is 11.3 Å². The summed E-state index contributed by atoms with van der Waals surface area (Å²) in [5.41, 5.74) is 6.63. The molecule has 0 N–H and O–H groups in total. The van der Waals surface area contributed by atoms with Gasteiger partial charge in [0.15, 0.2) is 6.29 Å². The summed E-state index contributed by atoms with van der Waals surface area (Å²) in [5, 5.41) is 2.07. The van der Waals surface area contributed by atoms with Crippen LogP contribution in [0.15, 0.2) is 60.0 Å². The summed E-state index contributed by atoms with van der Waals surface area (Å²) in [7, 11) is 0. The third-order valence-electron chi connectivity index (χ3n) is 5.48. The SMILES string of the molecule is CCc1cccc2c1C1(COC(c3cccs3)OC1)c1ccccc1-2. The number of rotatable bonds is 2. The lowest BCUT2D eigenvalue weighted by atomic mass is 9.76. The fourth-order valence-corrected chi connectivity index (χ4v) is 5.09. The summed E-state index contributed by atoms with van der Waals surface area (Å²) in [6, 6.07) is 19.5. The van der Waals surface area contributed by atoms with Crippen LogP contribution in [-0.4, -0.2) is 13.2 Å². The normalized spacial score (nSPS) is 24.3. The van der Waals surface area contributed by atoms with Gasteiger partial charge in [0.1, 0.15) is 0 Å². The Morgan fingerprint density at radius 2 is 1.76 bits per heavy atom. The van der Waals surface area contributed by atoms with Crippen LogP contribution in [0.3, 0.4) is 0 Å². The molecular formula is C22H20O2S. The van der Waals surface area contributed by atoms with Crippen molar-refractivity contribution in [3.63, 3.8) is 0 Å². The van der Waals surface area contributed by atoms with Crippen LogP contribution in [0.5, 0.6) is 0 Å². The van der Waals surface area contributed by atoms with Gasteiger partial charge in [0.25, 0.3) is 0 Å². The van der Waals surface area contributed by atoms with Crippen LogP contribution in [0.2, 0.25) is 0 Å². The Morgan fingerprint density at radius 3 is 2.52 bits per heavy atom. The van der Waals surface area contributed by atoms with Crippen LogP contribution in [-0.2, 0) is 21.3 Å². The molecule has 1 saturated heterocycles. The minimum Gasteiger partial charge on any atom is -0.346 e. The van der Waals surface area contributed by atoms with Gasteiger partial charge < -0.3 is 9.47 Å². The lowest BCUT2D eigenvalue weighted by Crippen LogP contribution is -2.42. The Labute approximate surface area is 152 Å². The van der Waals surface area contributed by atoms with Gasteiger partial charge in [-0.25, -0.2) is 0 Å². The number of benzene rings is 2. The quantitative estimate of drug-likeness (QED) is 0.624. The summed E-state index contributed by atoms with van der Waals surface area (Å²) in [4.78, 5) is 1.14. The monoisotopic (exact) mass is 348 g/mol. The van der Waals surface area contributed by atoms with E-state index >= 15 is 0 Å². The lowest BCUT2D eigenvalue weighted by molar-refractivity contribution is -0.205. The Hall–Kier alpha value is -1.94. The minimum atomic E-state index is -0.240. The smallest absolute Gasteiger partial charge is 0.193 e. The topological polar surface area (TPSA) is 18.5 Å². The summed E-state index contributed by atoms with van der Waals surface area (Å²) >= 11 is 1.69. The third kappa shape index (κ3) is 2.16. The fraction of sp³-hybridized carbons (Fsp3) is 0.273. The van der Waals surface area contributed by atoms with Gasteiger partial charge in [0.05, 0.1) is 23.5 Å². The van der Waals surface area contributed by atoms with Crippen molar-refractivity contribution in [3.05, 3.63) is 81.5 Å². The van der Waals surface area contributed by atoms with E-state index in [0.29, 0.717) is 13.2 Å². The van der Waals surface area contributed by atoms with Crippen molar-refractivity contribution in [2.45, 2.75) is 25.0 Å². The molecule has 3 heteroatoms. The van der Waals surface area contributed by atoms with Gasteiger partial charge in [0, 0.05) is 0 Å². The highest BCUT2D eigenvalue weighted by molar-refractivity contribution is 7.10. The molecule has 0 radical (unpaired) electrons. The van der Waals surface area contributed by atoms with Gasteiger partial charge >= 0.3 is 0 Å². The highest BCUT2D eigenvalue weighted by Crippen LogP contribution is 2.53. The zero-order chi connectivity index (χ0) is 16.9. The molecule has 126 valence electrons. The van der Waals surface area contributed by atoms with E-state index < -0.39 is 0 Å². The average Bonchev–Trinajstić information content (AvgIpc) is 3.30. The first-order valence-electron chi connectivity index (χ1n) is 8.82. The van der Waals surface area contributed by atoms with E-state index in [-0.39, 0.29) is 11.7 Å². The molecule has 2 nitrogen and oxygen atoms in total. The van der Waals surface area contributed by atoms with Crippen molar-refractivity contribution >= 4 is 11.3 Å². The molecule has 1 aliphatic carbocycles. The van der Waals surface area contributed by atoms with Crippen molar-refractivity contribution in [1.82, 2.24) is 0 Å². The van der Waals surface area contributed by atoms with Crippen molar-refractivity contribution in [2.75, 3.05) is 13.2 Å². The molecule has 1 aliphatic heterocycles. The second kappa shape index (κ2) is 5.80. The van der Waals surface area contributed by atoms with Gasteiger partial charge in [-0.05, 0) is 45.7 Å². The van der Waals surface area contributed by atoms with Crippen LogP contribution in [0.25, 0.3) is 11.1 Å². The Bertz CT molecular complexity index is 906. The van der Waals surface area contributed by atoms with E-state index in [1.54, 1.807) is 11.3 Å². The van der Waals surface area contributed by atoms with Gasteiger partial charge in [-0.1, -0.05) is 55.5 Å². The molecule has 3 aromatic rings. The Balaban J connectivity index is 1.62. The highest BCUT2D eigenvalue weighted by atomic mass is 32.1. The maximum atomic E-state index is 6.26. The molecule has 2 heterocycles. The maximum absolute atomic E-state index is 6.26. The van der Waals surface area contributed by atoms with Crippen LogP contribution in [0.4, 0.5) is 0 Å². The molecule has 0 bridgehead atoms. The maximum Gasteiger partial charge on any atom is 0.193 e. The molecule has 1 spiro atoms. The largest absolute Gasteiger partial charge is 0.346 e. The third-order valence-corrected chi connectivity index (χ3v) is 6.37. The molecular weight excluding hydrogens is 328 g/mol. The van der Waals surface area contributed by atoms with Crippen molar-refractivity contribution in [2.24, 2.45) is 0 Å². The van der Waals surface area contributed by atoms with E-state index in [9.17, 15) is 0 Å². The Morgan fingerprint density at radius 1 is 0.960 bits per heavy atom. The van der Waals surface area contributed by atoms with Crippen molar-refractivity contribution in [3.8, 4) is 11.1 Å². The molecule has 0 unspecified atom stereocenters. The predicted molar refractivity (Wildman–Crippen MR) is 101 cm³/mol. The second-order valence-electron chi connectivity index (χ2n) is 6.79. The number of hydrogen-bond donors (Lipinski definition) is 0. The molecule has 2 aliphatic rings. The lowest BCUT2D eigenvalue weighted by Gasteiger charge is -2.39. The van der Waals surface area contributed by atoms with Crippen LogP contribution in [0.1, 0.15) is 34.8 Å². The Kier molecular flexibility index (Phi) is 3.56. The molecule has 1 fully saturated rings. The standard InChI is InChI=1S/C22H20O2S/c1-2-15-7-5-9-17-16-8-3-4-10-18(16)22(20(15)17)13-23-21(24-14-22)19-11-6-12-25-19/h3-12,21H,2,13-14H2,1H3. The van der Waals surface area contributed by atoms with Crippen LogP contribution < -0.4 is 0 Å². The summed E-state index contributed by atoms with van der Waals surface area (Å²) in [6.45, 7) is 3.55. The predicted octanol–water partition coefficient (Wildman–Crippen LogP) is 5.32. The second-order valence-corrected chi connectivity index (χ2v) is 7.77. The minimum absolute atomic E-state index is 0.188. The summed E-state index contributed by atoms with van der Waals surface area (Å²) in [6.07, 6.45) is 0.781. The first-order valence-corrected chi connectivity index (χ1v) is 9.70. The number of fused-ring (bicyclic) bond motifs is 5. The molecule has 0 atom stereocenters. The van der Waals surface area contributed by atoms with Gasteiger partial charge in [-0.2, -0.15) is 0 Å². The first-order chi connectivity index (χ1) is 12.3. The number of aryl methyl sites for hydroxylation is 1. The number of hydrogen-bond acceptors (Lipinski definition) is 3. The number of ether oxygens (including phenoxy) is 2. The highest BCUT2D eigenvalue weighted by Gasteiger charge is 2.48. The number of thiophene rings is 1. The van der Waals surface area contributed by atoms with Crippen molar-refractivity contribution < 1.29 is 9.47 Å². The molecule has 25 heavy (non-hydrogen) atoms. The summed E-state index contributed by atoms with van der Waals surface area (Å²) in [5.74, 6) is 0. The van der Waals surface area contributed by atoms with Gasteiger partial charge in [-0.15, -0.1) is 11.3 Å². The van der Waals surface area contributed by atoms with E-state index in [1.807, 2.05) is 6.07 Å². The molecule has 2 aromatic carbocycles.